The maximum absolute atomic E-state index is 12.9. The summed E-state index contributed by atoms with van der Waals surface area (Å²) in [5.74, 6) is -3.08. The molecule has 1 aromatic rings. The highest BCUT2D eigenvalue weighted by atomic mass is 19.2. The summed E-state index contributed by atoms with van der Waals surface area (Å²) < 4.78 is 25.5. The fourth-order valence-electron chi connectivity index (χ4n) is 0.818. The van der Waals surface area contributed by atoms with Gasteiger partial charge in [-0.15, -0.1) is 0 Å². The first-order valence-corrected chi connectivity index (χ1v) is 3.57. The minimum Gasteiger partial charge on any atom is -0.411 e. The van der Waals surface area contributed by atoms with Crippen LogP contribution in [0.4, 0.5) is 14.5 Å². The number of benzene rings is 1. The monoisotopic (exact) mass is 200 g/mol. The Morgan fingerprint density at radius 2 is 2.21 bits per heavy atom. The summed E-state index contributed by atoms with van der Waals surface area (Å²) in [4.78, 5) is 10.8. The molecule has 0 heterocycles. The first-order chi connectivity index (χ1) is 6.65. The Hall–Kier alpha value is -1.98. The summed E-state index contributed by atoms with van der Waals surface area (Å²) in [7, 11) is 0. The SMILES string of the molecule is O=C(/C=N\O)Nc1cccc(F)c1F. The van der Waals surface area contributed by atoms with Crippen molar-refractivity contribution in [2.45, 2.75) is 0 Å². The van der Waals surface area contributed by atoms with Gasteiger partial charge in [0.1, 0.15) is 6.21 Å². The van der Waals surface area contributed by atoms with Crippen molar-refractivity contribution in [3.63, 3.8) is 0 Å². The number of carbonyl (C=O) groups is 1. The smallest absolute Gasteiger partial charge is 0.270 e. The minimum absolute atomic E-state index is 0.310. The normalized spacial score (nSPS) is 10.4. The van der Waals surface area contributed by atoms with Gasteiger partial charge in [0.2, 0.25) is 0 Å². The standard InChI is InChI=1S/C8H6F2N2O2/c9-5-2-1-3-6(8(5)10)12-7(13)4-11-14/h1-4,14H,(H,12,13)/b11-4-. The Bertz CT molecular complexity index is 380. The molecule has 0 bridgehead atoms. The van der Waals surface area contributed by atoms with Gasteiger partial charge in [-0.3, -0.25) is 4.79 Å². The predicted octanol–water partition coefficient (Wildman–Crippen LogP) is 1.36. The number of hydrogen-bond acceptors (Lipinski definition) is 3. The molecule has 0 aliphatic rings. The van der Waals surface area contributed by atoms with Crippen LogP contribution in [0, 0.1) is 11.6 Å². The van der Waals surface area contributed by atoms with Crippen molar-refractivity contribution in [2.75, 3.05) is 5.32 Å². The van der Waals surface area contributed by atoms with Crippen molar-refractivity contribution in [1.29, 1.82) is 0 Å². The van der Waals surface area contributed by atoms with E-state index in [0.29, 0.717) is 6.21 Å². The van der Waals surface area contributed by atoms with E-state index in [1.165, 1.54) is 12.1 Å². The van der Waals surface area contributed by atoms with Crippen LogP contribution in [0.5, 0.6) is 0 Å². The largest absolute Gasteiger partial charge is 0.411 e. The minimum atomic E-state index is -1.16. The molecule has 0 spiro atoms. The van der Waals surface area contributed by atoms with Crippen molar-refractivity contribution in [3.05, 3.63) is 29.8 Å². The molecule has 2 N–H and O–H groups in total. The first-order valence-electron chi connectivity index (χ1n) is 3.57. The van der Waals surface area contributed by atoms with E-state index in [2.05, 4.69) is 5.16 Å². The highest BCUT2D eigenvalue weighted by Gasteiger charge is 2.08. The second-order valence-corrected chi connectivity index (χ2v) is 2.34. The third kappa shape index (κ3) is 2.25. The van der Waals surface area contributed by atoms with E-state index in [9.17, 15) is 13.6 Å². The molecule has 0 aliphatic heterocycles. The van der Waals surface area contributed by atoms with E-state index < -0.39 is 17.5 Å². The topological polar surface area (TPSA) is 61.7 Å². The quantitative estimate of drug-likeness (QED) is 0.430. The van der Waals surface area contributed by atoms with Crippen LogP contribution in [-0.2, 0) is 4.79 Å². The zero-order chi connectivity index (χ0) is 10.6. The van der Waals surface area contributed by atoms with Gasteiger partial charge in [0, 0.05) is 0 Å². The molecule has 0 saturated heterocycles. The van der Waals surface area contributed by atoms with Crippen molar-refractivity contribution >= 4 is 17.8 Å². The van der Waals surface area contributed by atoms with Crippen LogP contribution in [0.1, 0.15) is 0 Å². The van der Waals surface area contributed by atoms with E-state index >= 15 is 0 Å². The van der Waals surface area contributed by atoms with E-state index in [-0.39, 0.29) is 5.69 Å². The summed E-state index contributed by atoms with van der Waals surface area (Å²) in [5.41, 5.74) is -0.310. The number of carbonyl (C=O) groups excluding carboxylic acids is 1. The van der Waals surface area contributed by atoms with Crippen LogP contribution in [0.15, 0.2) is 23.4 Å². The molecule has 14 heavy (non-hydrogen) atoms. The van der Waals surface area contributed by atoms with E-state index in [1.807, 2.05) is 5.32 Å². The maximum atomic E-state index is 12.9. The maximum Gasteiger partial charge on any atom is 0.270 e. The molecule has 4 nitrogen and oxygen atoms in total. The molecule has 0 aliphatic carbocycles. The molecule has 0 radical (unpaired) electrons. The summed E-state index contributed by atoms with van der Waals surface area (Å²) >= 11 is 0. The molecule has 1 amide bonds. The zero-order valence-corrected chi connectivity index (χ0v) is 6.87. The third-order valence-corrected chi connectivity index (χ3v) is 1.38. The molecular formula is C8H6F2N2O2. The van der Waals surface area contributed by atoms with Crippen molar-refractivity contribution < 1.29 is 18.8 Å². The van der Waals surface area contributed by atoms with Gasteiger partial charge in [0.25, 0.3) is 5.91 Å². The summed E-state index contributed by atoms with van der Waals surface area (Å²) in [6.45, 7) is 0. The highest BCUT2D eigenvalue weighted by molar-refractivity contribution is 6.31. The summed E-state index contributed by atoms with van der Waals surface area (Å²) in [6, 6.07) is 3.34. The number of hydrogen-bond donors (Lipinski definition) is 2. The zero-order valence-electron chi connectivity index (χ0n) is 6.87. The second-order valence-electron chi connectivity index (χ2n) is 2.34. The van der Waals surface area contributed by atoms with E-state index in [4.69, 9.17) is 5.21 Å². The van der Waals surface area contributed by atoms with Gasteiger partial charge in [-0.1, -0.05) is 11.2 Å². The highest BCUT2D eigenvalue weighted by Crippen LogP contribution is 2.15. The van der Waals surface area contributed by atoms with Crippen molar-refractivity contribution in [2.24, 2.45) is 5.16 Å². The Balaban J connectivity index is 2.87. The number of amides is 1. The van der Waals surface area contributed by atoms with Crippen LogP contribution in [0.3, 0.4) is 0 Å². The molecule has 74 valence electrons. The van der Waals surface area contributed by atoms with Gasteiger partial charge in [0.15, 0.2) is 11.6 Å². The lowest BCUT2D eigenvalue weighted by Gasteiger charge is -2.02. The molecule has 0 unspecified atom stereocenters. The third-order valence-electron chi connectivity index (χ3n) is 1.38. The molecule has 0 saturated carbocycles. The lowest BCUT2D eigenvalue weighted by Crippen LogP contribution is -2.14. The average Bonchev–Trinajstić information content (AvgIpc) is 2.13. The molecule has 0 aromatic heterocycles. The molecule has 1 rings (SSSR count). The lowest BCUT2D eigenvalue weighted by molar-refractivity contribution is -0.110. The van der Waals surface area contributed by atoms with Gasteiger partial charge in [-0.2, -0.15) is 0 Å². The van der Waals surface area contributed by atoms with Gasteiger partial charge in [-0.05, 0) is 12.1 Å². The average molecular weight is 200 g/mol. The van der Waals surface area contributed by atoms with Crippen LogP contribution < -0.4 is 5.32 Å². The number of oxime groups is 1. The lowest BCUT2D eigenvalue weighted by atomic mass is 10.3. The molecule has 0 atom stereocenters. The Morgan fingerprint density at radius 3 is 2.86 bits per heavy atom. The Kier molecular flexibility index (Phi) is 3.11. The molecule has 1 aromatic carbocycles. The van der Waals surface area contributed by atoms with Crippen LogP contribution in [0.25, 0.3) is 0 Å². The van der Waals surface area contributed by atoms with Crippen LogP contribution >= 0.6 is 0 Å². The molecular weight excluding hydrogens is 194 g/mol. The fourth-order valence-corrected chi connectivity index (χ4v) is 0.818. The van der Waals surface area contributed by atoms with Crippen molar-refractivity contribution in [1.82, 2.24) is 0 Å². The van der Waals surface area contributed by atoms with Gasteiger partial charge in [0.05, 0.1) is 5.69 Å². The summed E-state index contributed by atoms with van der Waals surface area (Å²) in [6.07, 6.45) is 0.532. The second kappa shape index (κ2) is 4.31. The Labute approximate surface area is 77.8 Å². The number of nitrogens with one attached hydrogen (secondary N) is 1. The number of halogens is 2. The van der Waals surface area contributed by atoms with Gasteiger partial charge >= 0.3 is 0 Å². The van der Waals surface area contributed by atoms with Crippen molar-refractivity contribution in [3.8, 4) is 0 Å². The number of rotatable bonds is 2. The number of nitrogens with zero attached hydrogens (tertiary/aromatic N) is 1. The van der Waals surface area contributed by atoms with E-state index in [0.717, 1.165) is 6.07 Å². The Morgan fingerprint density at radius 1 is 1.50 bits per heavy atom. The summed E-state index contributed by atoms with van der Waals surface area (Å²) in [5, 5.41) is 12.4. The van der Waals surface area contributed by atoms with Crippen LogP contribution in [-0.4, -0.2) is 17.3 Å². The molecule has 6 heteroatoms. The predicted molar refractivity (Wildman–Crippen MR) is 45.3 cm³/mol. The fraction of sp³-hybridized carbons (Fsp3) is 0. The van der Waals surface area contributed by atoms with E-state index in [1.54, 1.807) is 0 Å². The number of anilines is 1. The van der Waals surface area contributed by atoms with Gasteiger partial charge in [-0.25, -0.2) is 8.78 Å². The van der Waals surface area contributed by atoms with Gasteiger partial charge < -0.3 is 10.5 Å². The molecule has 0 fully saturated rings. The van der Waals surface area contributed by atoms with Crippen LogP contribution in [0.2, 0.25) is 0 Å². The first kappa shape index (κ1) is 10.1.